The zero-order valence-corrected chi connectivity index (χ0v) is 7.45. The van der Waals surface area contributed by atoms with Gasteiger partial charge in [-0.15, -0.1) is 0 Å². The number of fused-ring (bicyclic) bond motifs is 3. The Morgan fingerprint density at radius 1 is 1.29 bits per heavy atom. The van der Waals surface area contributed by atoms with Crippen molar-refractivity contribution < 1.29 is 4.42 Å². The monoisotopic (exact) mass is 182 g/mol. The average Bonchev–Trinajstić information content (AvgIpc) is 2.59. The Bertz CT molecular complexity index is 561. The molecule has 3 rings (SSSR count). The molecule has 0 unspecified atom stereocenters. The maximum Gasteiger partial charge on any atom is 0.250 e. The maximum absolute atomic E-state index is 5.82. The minimum Gasteiger partial charge on any atom is -0.396 e. The van der Waals surface area contributed by atoms with Crippen molar-refractivity contribution in [2.45, 2.75) is 0 Å². The molecule has 2 nitrogen and oxygen atoms in total. The Balaban J connectivity index is 2.49. The highest BCUT2D eigenvalue weighted by Gasteiger charge is 2.20. The molecule has 0 spiro atoms. The van der Waals surface area contributed by atoms with Crippen LogP contribution in [0.5, 0.6) is 0 Å². The molecule has 0 saturated carbocycles. The molecule has 0 bridgehead atoms. The first-order chi connectivity index (χ1) is 6.86. The Labute approximate surface area is 81.3 Å². The molecule has 66 valence electrons. The molecule has 1 aliphatic carbocycles. The Morgan fingerprint density at radius 2 is 2.21 bits per heavy atom. The third kappa shape index (κ3) is 0.832. The lowest BCUT2D eigenvalue weighted by atomic mass is 10.1. The average molecular weight is 182 g/mol. The van der Waals surface area contributed by atoms with Crippen molar-refractivity contribution in [2.24, 2.45) is 0 Å². The van der Waals surface area contributed by atoms with Crippen molar-refractivity contribution >= 4 is 28.8 Å². The molecule has 0 amide bonds. The molecule has 1 aliphatic rings. The summed E-state index contributed by atoms with van der Waals surface area (Å²) in [6.07, 6.45) is 8.67. The van der Waals surface area contributed by atoms with Crippen LogP contribution in [0, 0.1) is 6.08 Å². The predicted octanol–water partition coefficient (Wildman–Crippen LogP) is 2.86. The van der Waals surface area contributed by atoms with E-state index in [0.717, 1.165) is 22.3 Å². The first-order valence-electron chi connectivity index (χ1n) is 4.43. The van der Waals surface area contributed by atoms with Crippen molar-refractivity contribution in [1.29, 1.82) is 0 Å². The van der Waals surface area contributed by atoms with Gasteiger partial charge in [-0.25, -0.2) is 0 Å². The van der Waals surface area contributed by atoms with Crippen LogP contribution in [0.25, 0.3) is 23.1 Å². The molecule has 2 aromatic rings. The van der Waals surface area contributed by atoms with E-state index in [2.05, 4.69) is 6.08 Å². The lowest BCUT2D eigenvalue weighted by molar-refractivity contribution is 0.604. The Kier molecular flexibility index (Phi) is 1.30. The summed E-state index contributed by atoms with van der Waals surface area (Å²) in [6.45, 7) is 0. The van der Waals surface area contributed by atoms with Gasteiger partial charge in [0.25, 0.3) is 0 Å². The highest BCUT2D eigenvalue weighted by Crippen LogP contribution is 2.32. The number of hydrogen-bond donors (Lipinski definition) is 1. The molecule has 1 aromatic carbocycles. The van der Waals surface area contributed by atoms with Crippen LogP contribution >= 0.6 is 0 Å². The van der Waals surface area contributed by atoms with E-state index in [1.807, 2.05) is 36.4 Å². The quantitative estimate of drug-likeness (QED) is 0.502. The van der Waals surface area contributed by atoms with Crippen LogP contribution in [0.15, 0.2) is 28.7 Å². The Morgan fingerprint density at radius 3 is 3.14 bits per heavy atom. The fourth-order valence-corrected chi connectivity index (χ4v) is 1.71. The van der Waals surface area contributed by atoms with Crippen LogP contribution in [-0.2, 0) is 0 Å². The van der Waals surface area contributed by atoms with Gasteiger partial charge >= 0.3 is 0 Å². The molecule has 2 heteroatoms. The number of rotatable bonds is 0. The number of hydrogen-bond acceptors (Lipinski definition) is 2. The number of anilines is 1. The van der Waals surface area contributed by atoms with Gasteiger partial charge in [0.05, 0.1) is 17.1 Å². The molecular weight excluding hydrogens is 174 g/mol. The summed E-state index contributed by atoms with van der Waals surface area (Å²) in [7, 11) is 0. The SMILES string of the molecule is Nc1cccc2c3c(oc12)C=[C+]C=C3. The standard InChI is InChI=1S/C12H8NO/c13-10-6-3-5-9-8-4-1-2-7-11(8)14-12(9)10/h1,3-7H,13H2/q+1. The number of para-hydroxylation sites is 1. The van der Waals surface area contributed by atoms with Gasteiger partial charge in [0, 0.05) is 6.08 Å². The molecule has 0 atom stereocenters. The maximum atomic E-state index is 5.82. The minimum absolute atomic E-state index is 0.679. The Hall–Kier alpha value is -2.05. The van der Waals surface area contributed by atoms with Crippen molar-refractivity contribution in [2.75, 3.05) is 5.73 Å². The lowest BCUT2D eigenvalue weighted by Crippen LogP contribution is -1.83. The van der Waals surface area contributed by atoms with E-state index in [4.69, 9.17) is 10.2 Å². The third-order valence-electron chi connectivity index (χ3n) is 2.37. The number of allylic oxidation sites excluding steroid dienone is 2. The van der Waals surface area contributed by atoms with Crippen LogP contribution in [-0.4, -0.2) is 0 Å². The fraction of sp³-hybridized carbons (Fsp3) is 0. The van der Waals surface area contributed by atoms with E-state index in [0.29, 0.717) is 5.69 Å². The van der Waals surface area contributed by atoms with Crippen LogP contribution in [0.1, 0.15) is 11.3 Å². The van der Waals surface area contributed by atoms with E-state index in [9.17, 15) is 0 Å². The van der Waals surface area contributed by atoms with Crippen LogP contribution < -0.4 is 5.73 Å². The van der Waals surface area contributed by atoms with Crippen LogP contribution in [0.2, 0.25) is 0 Å². The van der Waals surface area contributed by atoms with Crippen molar-refractivity contribution in [1.82, 2.24) is 0 Å². The second kappa shape index (κ2) is 2.47. The van der Waals surface area contributed by atoms with E-state index in [-0.39, 0.29) is 0 Å². The summed E-state index contributed by atoms with van der Waals surface area (Å²) < 4.78 is 5.63. The first-order valence-corrected chi connectivity index (χ1v) is 4.43. The summed E-state index contributed by atoms with van der Waals surface area (Å²) in [6, 6.07) is 5.79. The topological polar surface area (TPSA) is 39.2 Å². The van der Waals surface area contributed by atoms with E-state index in [1.165, 1.54) is 0 Å². The molecule has 0 aliphatic heterocycles. The van der Waals surface area contributed by atoms with E-state index >= 15 is 0 Å². The number of nitrogen functional groups attached to an aromatic ring is 1. The van der Waals surface area contributed by atoms with Gasteiger partial charge in [0.1, 0.15) is 17.7 Å². The van der Waals surface area contributed by atoms with Crippen molar-refractivity contribution in [3.05, 3.63) is 41.7 Å². The zero-order chi connectivity index (χ0) is 9.54. The third-order valence-corrected chi connectivity index (χ3v) is 2.37. The summed E-state index contributed by atoms with van der Waals surface area (Å²) in [5, 5.41) is 1.06. The van der Waals surface area contributed by atoms with Gasteiger partial charge in [-0.2, -0.15) is 0 Å². The zero-order valence-electron chi connectivity index (χ0n) is 7.45. The number of benzene rings is 1. The summed E-state index contributed by atoms with van der Waals surface area (Å²) in [5.41, 5.74) is 8.35. The fourth-order valence-electron chi connectivity index (χ4n) is 1.71. The molecule has 0 radical (unpaired) electrons. The van der Waals surface area contributed by atoms with Crippen molar-refractivity contribution in [3.63, 3.8) is 0 Å². The second-order valence-corrected chi connectivity index (χ2v) is 3.25. The lowest BCUT2D eigenvalue weighted by Gasteiger charge is -1.90. The molecule has 1 aromatic heterocycles. The summed E-state index contributed by atoms with van der Waals surface area (Å²) in [5.74, 6) is 0.834. The smallest absolute Gasteiger partial charge is 0.250 e. The van der Waals surface area contributed by atoms with Gasteiger partial charge in [-0.3, -0.25) is 0 Å². The minimum atomic E-state index is 0.679. The van der Waals surface area contributed by atoms with E-state index in [1.54, 1.807) is 0 Å². The van der Waals surface area contributed by atoms with Crippen molar-refractivity contribution in [3.8, 4) is 0 Å². The number of furan rings is 1. The molecular formula is C12H8NO+. The van der Waals surface area contributed by atoms with Gasteiger partial charge in [-0.1, -0.05) is 6.07 Å². The largest absolute Gasteiger partial charge is 0.396 e. The highest BCUT2D eigenvalue weighted by molar-refractivity contribution is 5.97. The van der Waals surface area contributed by atoms with Gasteiger partial charge < -0.3 is 10.2 Å². The normalized spacial score (nSPS) is 12.9. The van der Waals surface area contributed by atoms with Gasteiger partial charge in [-0.05, 0) is 12.1 Å². The molecule has 14 heavy (non-hydrogen) atoms. The number of nitrogens with two attached hydrogens (primary N) is 1. The van der Waals surface area contributed by atoms with E-state index < -0.39 is 0 Å². The molecule has 0 saturated heterocycles. The molecule has 1 heterocycles. The molecule has 0 fully saturated rings. The van der Waals surface area contributed by atoms with Crippen LogP contribution in [0.3, 0.4) is 0 Å². The molecule has 2 N–H and O–H groups in total. The second-order valence-electron chi connectivity index (χ2n) is 3.25. The predicted molar refractivity (Wildman–Crippen MR) is 57.4 cm³/mol. The van der Waals surface area contributed by atoms with Gasteiger partial charge in [0.2, 0.25) is 5.76 Å². The van der Waals surface area contributed by atoms with Gasteiger partial charge in [0.15, 0.2) is 5.58 Å². The van der Waals surface area contributed by atoms with Crippen LogP contribution in [0.4, 0.5) is 5.69 Å². The summed E-state index contributed by atoms with van der Waals surface area (Å²) >= 11 is 0. The highest BCUT2D eigenvalue weighted by atomic mass is 16.3. The first kappa shape index (κ1) is 7.36. The summed E-state index contributed by atoms with van der Waals surface area (Å²) in [4.78, 5) is 0.